The molecule has 0 aliphatic carbocycles. The Balaban J connectivity index is 2.25. The molecule has 5 heteroatoms. The molecule has 0 saturated heterocycles. The number of ketones is 1. The molecule has 0 heterocycles. The number of amides is 1. The monoisotopic (exact) mass is 313 g/mol. The minimum absolute atomic E-state index is 0.0152. The topological polar surface area (TPSA) is 64.6 Å². The zero-order valence-corrected chi connectivity index (χ0v) is 13.6. The SMILES string of the molecule is COc1cc(C)c(C(=O)Nc2ccc(C(C)=O)cc2)cc1OC. The molecule has 120 valence electrons. The molecule has 0 aliphatic heterocycles. The van der Waals surface area contributed by atoms with Crippen LogP contribution in [0.5, 0.6) is 11.5 Å². The Hall–Kier alpha value is -2.82. The Bertz CT molecular complexity index is 735. The Morgan fingerprint density at radius 1 is 0.957 bits per heavy atom. The van der Waals surface area contributed by atoms with Crippen molar-refractivity contribution in [1.29, 1.82) is 0 Å². The molecule has 23 heavy (non-hydrogen) atoms. The van der Waals surface area contributed by atoms with Crippen LogP contribution >= 0.6 is 0 Å². The lowest BCUT2D eigenvalue weighted by Gasteiger charge is -2.13. The second kappa shape index (κ2) is 6.96. The van der Waals surface area contributed by atoms with Gasteiger partial charge in [-0.15, -0.1) is 0 Å². The minimum Gasteiger partial charge on any atom is -0.493 e. The van der Waals surface area contributed by atoms with E-state index in [2.05, 4.69) is 5.32 Å². The van der Waals surface area contributed by atoms with Crippen LogP contribution in [0.4, 0.5) is 5.69 Å². The number of nitrogens with one attached hydrogen (secondary N) is 1. The molecule has 0 unspecified atom stereocenters. The average molecular weight is 313 g/mol. The molecular weight excluding hydrogens is 294 g/mol. The summed E-state index contributed by atoms with van der Waals surface area (Å²) in [5.41, 5.74) is 2.50. The van der Waals surface area contributed by atoms with Crippen molar-refractivity contribution in [3.8, 4) is 11.5 Å². The van der Waals surface area contributed by atoms with Crippen molar-refractivity contribution in [2.24, 2.45) is 0 Å². The zero-order valence-electron chi connectivity index (χ0n) is 13.6. The Labute approximate surface area is 135 Å². The molecular formula is C18H19NO4. The van der Waals surface area contributed by atoms with E-state index in [1.165, 1.54) is 14.0 Å². The third kappa shape index (κ3) is 3.69. The van der Waals surface area contributed by atoms with E-state index in [9.17, 15) is 9.59 Å². The van der Waals surface area contributed by atoms with Gasteiger partial charge in [0.15, 0.2) is 17.3 Å². The quantitative estimate of drug-likeness (QED) is 0.859. The summed E-state index contributed by atoms with van der Waals surface area (Å²) < 4.78 is 10.4. The van der Waals surface area contributed by atoms with Gasteiger partial charge in [0.05, 0.1) is 14.2 Å². The molecule has 1 N–H and O–H groups in total. The summed E-state index contributed by atoms with van der Waals surface area (Å²) in [7, 11) is 3.07. The van der Waals surface area contributed by atoms with Gasteiger partial charge in [-0.3, -0.25) is 9.59 Å². The molecule has 2 aromatic rings. The average Bonchev–Trinajstić information content (AvgIpc) is 2.54. The van der Waals surface area contributed by atoms with Crippen LogP contribution < -0.4 is 14.8 Å². The molecule has 0 radical (unpaired) electrons. The lowest BCUT2D eigenvalue weighted by atomic mass is 10.1. The Morgan fingerprint density at radius 3 is 2.04 bits per heavy atom. The number of hydrogen-bond acceptors (Lipinski definition) is 4. The third-order valence-corrected chi connectivity index (χ3v) is 3.52. The summed E-state index contributed by atoms with van der Waals surface area (Å²) in [6.07, 6.45) is 0. The molecule has 0 aliphatic rings. The zero-order chi connectivity index (χ0) is 17.0. The van der Waals surface area contributed by atoms with Gasteiger partial charge in [-0.25, -0.2) is 0 Å². The highest BCUT2D eigenvalue weighted by molar-refractivity contribution is 6.06. The van der Waals surface area contributed by atoms with Gasteiger partial charge in [-0.05, 0) is 55.8 Å². The van der Waals surface area contributed by atoms with E-state index in [1.54, 1.807) is 43.5 Å². The molecule has 0 spiro atoms. The van der Waals surface area contributed by atoms with E-state index >= 15 is 0 Å². The number of rotatable bonds is 5. The predicted molar refractivity (Wildman–Crippen MR) is 88.7 cm³/mol. The first-order chi connectivity index (χ1) is 11.0. The molecule has 2 rings (SSSR count). The smallest absolute Gasteiger partial charge is 0.256 e. The van der Waals surface area contributed by atoms with E-state index in [-0.39, 0.29) is 11.7 Å². The van der Waals surface area contributed by atoms with Crippen LogP contribution in [0.3, 0.4) is 0 Å². The van der Waals surface area contributed by atoms with Gasteiger partial charge in [0.1, 0.15) is 0 Å². The van der Waals surface area contributed by atoms with Crippen molar-refractivity contribution in [2.75, 3.05) is 19.5 Å². The van der Waals surface area contributed by atoms with E-state index < -0.39 is 0 Å². The first kappa shape index (κ1) is 16.5. The van der Waals surface area contributed by atoms with E-state index in [4.69, 9.17) is 9.47 Å². The maximum absolute atomic E-state index is 12.4. The summed E-state index contributed by atoms with van der Waals surface area (Å²) in [5, 5.41) is 2.81. The molecule has 0 bridgehead atoms. The molecule has 5 nitrogen and oxygen atoms in total. The number of aryl methyl sites for hydroxylation is 1. The maximum atomic E-state index is 12.4. The van der Waals surface area contributed by atoms with Crippen LogP contribution in [0.25, 0.3) is 0 Å². The van der Waals surface area contributed by atoms with Crippen molar-refractivity contribution >= 4 is 17.4 Å². The van der Waals surface area contributed by atoms with Crippen LogP contribution in [0.1, 0.15) is 33.2 Å². The van der Waals surface area contributed by atoms with Crippen molar-refractivity contribution < 1.29 is 19.1 Å². The fourth-order valence-electron chi connectivity index (χ4n) is 2.21. The summed E-state index contributed by atoms with van der Waals surface area (Å²) in [6.45, 7) is 3.33. The first-order valence-corrected chi connectivity index (χ1v) is 7.11. The standard InChI is InChI=1S/C18H19NO4/c1-11-9-16(22-3)17(23-4)10-15(11)18(21)19-14-7-5-13(6-8-14)12(2)20/h5-10H,1-4H3,(H,19,21). The van der Waals surface area contributed by atoms with E-state index in [0.29, 0.717) is 28.3 Å². The summed E-state index contributed by atoms with van der Waals surface area (Å²) in [6, 6.07) is 10.2. The minimum atomic E-state index is -0.251. The normalized spacial score (nSPS) is 10.1. The van der Waals surface area contributed by atoms with Crippen LogP contribution in [-0.2, 0) is 0 Å². The summed E-state index contributed by atoms with van der Waals surface area (Å²) >= 11 is 0. The van der Waals surface area contributed by atoms with Gasteiger partial charge in [0.2, 0.25) is 0 Å². The number of carbonyl (C=O) groups excluding carboxylic acids is 2. The Morgan fingerprint density at radius 2 is 1.52 bits per heavy atom. The molecule has 0 fully saturated rings. The summed E-state index contributed by atoms with van der Waals surface area (Å²) in [4.78, 5) is 23.7. The number of ether oxygens (including phenoxy) is 2. The van der Waals surface area contributed by atoms with Crippen LogP contribution in [0.15, 0.2) is 36.4 Å². The number of benzene rings is 2. The number of anilines is 1. The van der Waals surface area contributed by atoms with E-state index in [1.807, 2.05) is 6.92 Å². The lowest BCUT2D eigenvalue weighted by Crippen LogP contribution is -2.14. The van der Waals surface area contributed by atoms with Crippen LogP contribution in [-0.4, -0.2) is 25.9 Å². The van der Waals surface area contributed by atoms with Crippen LogP contribution in [0.2, 0.25) is 0 Å². The van der Waals surface area contributed by atoms with Gasteiger partial charge in [-0.1, -0.05) is 0 Å². The highest BCUT2D eigenvalue weighted by atomic mass is 16.5. The van der Waals surface area contributed by atoms with Gasteiger partial charge >= 0.3 is 0 Å². The molecule has 2 aromatic carbocycles. The van der Waals surface area contributed by atoms with E-state index in [0.717, 1.165) is 5.56 Å². The lowest BCUT2D eigenvalue weighted by molar-refractivity contribution is 0.101. The maximum Gasteiger partial charge on any atom is 0.256 e. The Kier molecular flexibility index (Phi) is 5.01. The highest BCUT2D eigenvalue weighted by Crippen LogP contribution is 2.30. The molecule has 1 amide bonds. The molecule has 0 saturated carbocycles. The third-order valence-electron chi connectivity index (χ3n) is 3.52. The summed E-state index contributed by atoms with van der Waals surface area (Å²) in [5.74, 6) is 0.806. The fourth-order valence-corrected chi connectivity index (χ4v) is 2.21. The number of carbonyl (C=O) groups is 2. The van der Waals surface area contributed by atoms with Crippen molar-refractivity contribution in [3.05, 3.63) is 53.1 Å². The largest absolute Gasteiger partial charge is 0.493 e. The highest BCUT2D eigenvalue weighted by Gasteiger charge is 2.14. The second-order valence-corrected chi connectivity index (χ2v) is 5.11. The van der Waals surface area contributed by atoms with Gasteiger partial charge in [-0.2, -0.15) is 0 Å². The first-order valence-electron chi connectivity index (χ1n) is 7.11. The molecule has 0 atom stereocenters. The van der Waals surface area contributed by atoms with Crippen molar-refractivity contribution in [3.63, 3.8) is 0 Å². The van der Waals surface area contributed by atoms with Crippen LogP contribution in [0, 0.1) is 6.92 Å². The number of Topliss-reactive ketones (excluding diaryl/α,β-unsaturated/α-hetero) is 1. The number of hydrogen-bond donors (Lipinski definition) is 1. The van der Waals surface area contributed by atoms with Gasteiger partial charge in [0, 0.05) is 16.8 Å². The van der Waals surface area contributed by atoms with Gasteiger partial charge < -0.3 is 14.8 Å². The molecule has 0 aromatic heterocycles. The van der Waals surface area contributed by atoms with Crippen molar-refractivity contribution in [2.45, 2.75) is 13.8 Å². The predicted octanol–water partition coefficient (Wildman–Crippen LogP) is 3.47. The fraction of sp³-hybridized carbons (Fsp3) is 0.222. The van der Waals surface area contributed by atoms with Crippen molar-refractivity contribution in [1.82, 2.24) is 0 Å². The second-order valence-electron chi connectivity index (χ2n) is 5.11. The van der Waals surface area contributed by atoms with Gasteiger partial charge in [0.25, 0.3) is 5.91 Å². The number of methoxy groups -OCH3 is 2.